The van der Waals surface area contributed by atoms with Gasteiger partial charge in [-0.25, -0.2) is 13.6 Å². The molecule has 1 aliphatic rings. The summed E-state index contributed by atoms with van der Waals surface area (Å²) in [5.41, 5.74) is 0.421. The minimum absolute atomic E-state index is 0.0804. The molecule has 0 aliphatic heterocycles. The lowest BCUT2D eigenvalue weighted by Crippen LogP contribution is -2.50. The molecule has 1 saturated carbocycles. The average molecular weight is 342 g/mol. The smallest absolute Gasteiger partial charge is 0.404 e. The number of rotatable bonds is 7. The van der Waals surface area contributed by atoms with Gasteiger partial charge in [-0.15, -0.1) is 0 Å². The zero-order chi connectivity index (χ0) is 17.5. The Morgan fingerprint density at radius 1 is 1.21 bits per heavy atom. The second-order valence-electron chi connectivity index (χ2n) is 6.32. The van der Waals surface area contributed by atoms with Crippen molar-refractivity contribution in [1.29, 1.82) is 0 Å². The van der Waals surface area contributed by atoms with Crippen molar-refractivity contribution >= 4 is 6.09 Å². The lowest BCUT2D eigenvalue weighted by molar-refractivity contribution is 0.113. The minimum Gasteiger partial charge on any atom is -0.465 e. The van der Waals surface area contributed by atoms with E-state index in [0.717, 1.165) is 37.8 Å². The summed E-state index contributed by atoms with van der Waals surface area (Å²) in [5.74, 6) is -1.95. The summed E-state index contributed by atoms with van der Waals surface area (Å²) in [6.45, 7) is 0.249. The zero-order valence-corrected chi connectivity index (χ0v) is 13.5. The first kappa shape index (κ1) is 18.6. The predicted molar refractivity (Wildman–Crippen MR) is 85.9 cm³/mol. The lowest BCUT2D eigenvalue weighted by Gasteiger charge is -2.27. The van der Waals surface area contributed by atoms with Crippen LogP contribution in [-0.4, -0.2) is 41.0 Å². The molecular weight excluding hydrogens is 318 g/mol. The van der Waals surface area contributed by atoms with Crippen molar-refractivity contribution in [2.75, 3.05) is 6.54 Å². The first-order valence-corrected chi connectivity index (χ1v) is 8.30. The van der Waals surface area contributed by atoms with E-state index in [4.69, 9.17) is 5.11 Å². The van der Waals surface area contributed by atoms with Gasteiger partial charge in [0.25, 0.3) is 0 Å². The fourth-order valence-corrected chi connectivity index (χ4v) is 3.10. The van der Waals surface area contributed by atoms with Crippen LogP contribution < -0.4 is 10.6 Å². The van der Waals surface area contributed by atoms with Gasteiger partial charge < -0.3 is 20.8 Å². The summed E-state index contributed by atoms with van der Waals surface area (Å²) in [5, 5.41) is 24.8. The van der Waals surface area contributed by atoms with Gasteiger partial charge in [0.15, 0.2) is 11.6 Å². The third kappa shape index (κ3) is 5.72. The van der Waals surface area contributed by atoms with E-state index in [1.807, 2.05) is 0 Å². The molecule has 1 fully saturated rings. The van der Waals surface area contributed by atoms with Crippen LogP contribution in [0.1, 0.15) is 37.7 Å². The number of nitrogens with one attached hydrogen (secondary N) is 2. The largest absolute Gasteiger partial charge is 0.465 e. The Hall–Kier alpha value is -1.73. The van der Waals surface area contributed by atoms with Crippen LogP contribution in [0.15, 0.2) is 18.2 Å². The van der Waals surface area contributed by atoms with Crippen molar-refractivity contribution in [3.8, 4) is 0 Å². The summed E-state index contributed by atoms with van der Waals surface area (Å²) in [6, 6.07) is 2.93. The summed E-state index contributed by atoms with van der Waals surface area (Å²) in [7, 11) is 0. The zero-order valence-electron chi connectivity index (χ0n) is 13.5. The van der Waals surface area contributed by atoms with E-state index in [-0.39, 0.29) is 13.0 Å². The van der Waals surface area contributed by atoms with Gasteiger partial charge in [-0.2, -0.15) is 0 Å². The molecule has 5 nitrogen and oxygen atoms in total. The SMILES string of the molecule is O=C(O)N[C@@H](Cc1ccc(F)c(F)c1)[C@@H](O)CNC1CCCCC1. The maximum absolute atomic E-state index is 13.3. The monoisotopic (exact) mass is 342 g/mol. The van der Waals surface area contributed by atoms with Gasteiger partial charge in [0.2, 0.25) is 0 Å². The average Bonchev–Trinajstić information content (AvgIpc) is 2.56. The number of halogens is 2. The minimum atomic E-state index is -1.26. The van der Waals surface area contributed by atoms with Crippen LogP contribution in [0, 0.1) is 11.6 Å². The predicted octanol–water partition coefficient (Wildman–Crippen LogP) is 2.43. The molecule has 0 bridgehead atoms. The second kappa shape index (κ2) is 8.94. The van der Waals surface area contributed by atoms with E-state index in [9.17, 15) is 18.7 Å². The number of benzene rings is 1. The highest BCUT2D eigenvalue weighted by atomic mass is 19.2. The molecule has 7 heteroatoms. The number of amides is 1. The van der Waals surface area contributed by atoms with Crippen molar-refractivity contribution < 1.29 is 23.8 Å². The van der Waals surface area contributed by atoms with E-state index in [2.05, 4.69) is 10.6 Å². The Bertz CT molecular complexity index is 551. The molecule has 24 heavy (non-hydrogen) atoms. The maximum atomic E-state index is 13.3. The summed E-state index contributed by atoms with van der Waals surface area (Å²) in [4.78, 5) is 11.0. The topological polar surface area (TPSA) is 81.6 Å². The van der Waals surface area contributed by atoms with Gasteiger partial charge >= 0.3 is 6.09 Å². The molecule has 0 saturated heterocycles. The van der Waals surface area contributed by atoms with E-state index >= 15 is 0 Å². The highest BCUT2D eigenvalue weighted by molar-refractivity contribution is 5.65. The molecule has 1 amide bonds. The molecule has 0 aromatic heterocycles. The van der Waals surface area contributed by atoms with Crippen LogP contribution in [-0.2, 0) is 6.42 Å². The summed E-state index contributed by atoms with van der Waals surface area (Å²) in [6.07, 6.45) is 3.48. The van der Waals surface area contributed by atoms with Gasteiger partial charge in [-0.1, -0.05) is 25.3 Å². The number of hydrogen-bond acceptors (Lipinski definition) is 3. The maximum Gasteiger partial charge on any atom is 0.404 e. The van der Waals surface area contributed by atoms with Crippen LogP contribution in [0.2, 0.25) is 0 Å². The van der Waals surface area contributed by atoms with Crippen molar-refractivity contribution in [2.45, 2.75) is 56.7 Å². The second-order valence-corrected chi connectivity index (χ2v) is 6.32. The van der Waals surface area contributed by atoms with Crippen LogP contribution in [0.4, 0.5) is 13.6 Å². The van der Waals surface area contributed by atoms with Crippen molar-refractivity contribution in [1.82, 2.24) is 10.6 Å². The molecule has 0 heterocycles. The van der Waals surface area contributed by atoms with Gasteiger partial charge in [-0.05, 0) is 37.0 Å². The van der Waals surface area contributed by atoms with Gasteiger partial charge in [0.05, 0.1) is 12.1 Å². The van der Waals surface area contributed by atoms with Crippen LogP contribution in [0.5, 0.6) is 0 Å². The molecular formula is C17H24F2N2O3. The van der Waals surface area contributed by atoms with Crippen LogP contribution >= 0.6 is 0 Å². The first-order valence-electron chi connectivity index (χ1n) is 8.30. The standard InChI is InChI=1S/C17H24F2N2O3/c18-13-7-6-11(8-14(13)19)9-15(21-17(23)24)16(22)10-20-12-4-2-1-3-5-12/h6-8,12,15-16,20-22H,1-5,9-10H2,(H,23,24)/t15-,16-/m0/s1. The Balaban J connectivity index is 1.94. The normalized spacial score (nSPS) is 18.1. The van der Waals surface area contributed by atoms with Crippen molar-refractivity contribution in [3.63, 3.8) is 0 Å². The molecule has 0 spiro atoms. The fourth-order valence-electron chi connectivity index (χ4n) is 3.10. The highest BCUT2D eigenvalue weighted by Crippen LogP contribution is 2.17. The van der Waals surface area contributed by atoms with Crippen LogP contribution in [0.3, 0.4) is 0 Å². The molecule has 1 aromatic rings. The third-order valence-corrected chi connectivity index (χ3v) is 4.43. The Labute approximate surface area is 140 Å². The molecule has 4 N–H and O–H groups in total. The Kier molecular flexibility index (Phi) is 6.93. The number of carboxylic acid groups (broad SMARTS) is 1. The number of hydrogen-bond donors (Lipinski definition) is 4. The third-order valence-electron chi connectivity index (χ3n) is 4.43. The number of carbonyl (C=O) groups is 1. The molecule has 1 aromatic carbocycles. The van der Waals surface area contributed by atoms with Crippen LogP contribution in [0.25, 0.3) is 0 Å². The van der Waals surface area contributed by atoms with E-state index in [1.165, 1.54) is 12.5 Å². The Morgan fingerprint density at radius 3 is 2.54 bits per heavy atom. The fraction of sp³-hybridized carbons (Fsp3) is 0.588. The van der Waals surface area contributed by atoms with Crippen molar-refractivity contribution in [2.24, 2.45) is 0 Å². The molecule has 2 rings (SSSR count). The van der Waals surface area contributed by atoms with E-state index < -0.39 is 29.9 Å². The molecule has 0 radical (unpaired) electrons. The lowest BCUT2D eigenvalue weighted by atomic mass is 9.95. The van der Waals surface area contributed by atoms with E-state index in [1.54, 1.807) is 0 Å². The van der Waals surface area contributed by atoms with Gasteiger partial charge in [0.1, 0.15) is 0 Å². The molecule has 0 unspecified atom stereocenters. The quantitative estimate of drug-likeness (QED) is 0.613. The van der Waals surface area contributed by atoms with Gasteiger partial charge in [-0.3, -0.25) is 0 Å². The number of aliphatic hydroxyl groups is 1. The highest BCUT2D eigenvalue weighted by Gasteiger charge is 2.23. The summed E-state index contributed by atoms with van der Waals surface area (Å²) >= 11 is 0. The Morgan fingerprint density at radius 2 is 1.92 bits per heavy atom. The molecule has 134 valence electrons. The van der Waals surface area contributed by atoms with Gasteiger partial charge in [0, 0.05) is 12.6 Å². The summed E-state index contributed by atoms with van der Waals surface area (Å²) < 4.78 is 26.3. The van der Waals surface area contributed by atoms with Crippen molar-refractivity contribution in [3.05, 3.63) is 35.4 Å². The van der Waals surface area contributed by atoms with E-state index in [0.29, 0.717) is 11.6 Å². The first-order chi connectivity index (χ1) is 11.5. The molecule has 1 aliphatic carbocycles. The molecule has 2 atom stereocenters. The number of aliphatic hydroxyl groups excluding tert-OH is 1.